The van der Waals surface area contributed by atoms with Crippen molar-refractivity contribution in [1.29, 1.82) is 0 Å². The number of nitrogens with zero attached hydrogens (tertiary/aromatic N) is 4. The molecule has 7 heteroatoms. The van der Waals surface area contributed by atoms with Crippen LogP contribution in [0.2, 0.25) is 0 Å². The van der Waals surface area contributed by atoms with Crippen LogP contribution >= 0.6 is 0 Å². The summed E-state index contributed by atoms with van der Waals surface area (Å²) in [5.74, 6) is -0.644. The van der Waals surface area contributed by atoms with E-state index in [2.05, 4.69) is 10.1 Å². The first kappa shape index (κ1) is 16.4. The lowest BCUT2D eigenvalue weighted by atomic mass is 9.96. The van der Waals surface area contributed by atoms with Gasteiger partial charge in [0.15, 0.2) is 5.69 Å². The molecule has 1 aliphatic heterocycles. The molecule has 1 aromatic carbocycles. The third kappa shape index (κ3) is 2.76. The van der Waals surface area contributed by atoms with Crippen LogP contribution in [-0.2, 0) is 18.0 Å². The Morgan fingerprint density at radius 1 is 1.19 bits per heavy atom. The largest absolute Gasteiger partial charge is 0.362 e. The number of rotatable bonds is 3. The SMILES string of the molecule is COCn1cc2c(n1)C(=O)N(C)Cc1ccc(-c3ccc(F)nc3)cc1-2. The second-order valence-electron chi connectivity index (χ2n) is 6.25. The number of halogens is 1. The van der Waals surface area contributed by atoms with Gasteiger partial charge in [0.25, 0.3) is 5.91 Å². The van der Waals surface area contributed by atoms with Gasteiger partial charge in [0.1, 0.15) is 6.73 Å². The van der Waals surface area contributed by atoms with Gasteiger partial charge in [0.05, 0.1) is 0 Å². The van der Waals surface area contributed by atoms with Crippen LogP contribution in [0.15, 0.2) is 42.7 Å². The van der Waals surface area contributed by atoms with Gasteiger partial charge >= 0.3 is 0 Å². The molecule has 1 amide bonds. The van der Waals surface area contributed by atoms with E-state index < -0.39 is 5.95 Å². The zero-order valence-corrected chi connectivity index (χ0v) is 14.4. The lowest BCUT2D eigenvalue weighted by Gasteiger charge is -2.15. The summed E-state index contributed by atoms with van der Waals surface area (Å²) in [4.78, 5) is 18.0. The van der Waals surface area contributed by atoms with Gasteiger partial charge in [-0.1, -0.05) is 12.1 Å². The minimum atomic E-state index is -0.515. The highest BCUT2D eigenvalue weighted by atomic mass is 19.1. The monoisotopic (exact) mass is 352 g/mol. The number of carbonyl (C=O) groups is 1. The zero-order valence-electron chi connectivity index (χ0n) is 14.4. The number of pyridine rings is 1. The van der Waals surface area contributed by atoms with Crippen LogP contribution in [0.4, 0.5) is 4.39 Å². The predicted molar refractivity (Wildman–Crippen MR) is 93.7 cm³/mol. The van der Waals surface area contributed by atoms with Crippen LogP contribution in [0.25, 0.3) is 22.3 Å². The maximum Gasteiger partial charge on any atom is 0.275 e. The van der Waals surface area contributed by atoms with Gasteiger partial charge < -0.3 is 9.64 Å². The van der Waals surface area contributed by atoms with Crippen molar-refractivity contribution >= 4 is 5.91 Å². The quantitative estimate of drug-likeness (QED) is 0.680. The number of aromatic nitrogens is 3. The van der Waals surface area contributed by atoms with Crippen molar-refractivity contribution in [3.8, 4) is 22.3 Å². The molecule has 3 heterocycles. The van der Waals surface area contributed by atoms with E-state index in [1.54, 1.807) is 29.8 Å². The second-order valence-corrected chi connectivity index (χ2v) is 6.25. The molecule has 0 spiro atoms. The first-order valence-electron chi connectivity index (χ1n) is 8.14. The van der Waals surface area contributed by atoms with E-state index in [0.29, 0.717) is 12.2 Å². The van der Waals surface area contributed by atoms with E-state index in [4.69, 9.17) is 4.74 Å². The van der Waals surface area contributed by atoms with E-state index in [9.17, 15) is 9.18 Å². The third-order valence-electron chi connectivity index (χ3n) is 4.44. The lowest BCUT2D eigenvalue weighted by Crippen LogP contribution is -2.25. The lowest BCUT2D eigenvalue weighted by molar-refractivity contribution is 0.0776. The molecular weight excluding hydrogens is 335 g/mol. The molecule has 0 radical (unpaired) electrons. The fraction of sp³-hybridized carbons (Fsp3) is 0.211. The van der Waals surface area contributed by atoms with E-state index in [1.807, 2.05) is 24.4 Å². The fourth-order valence-electron chi connectivity index (χ4n) is 3.17. The Bertz CT molecular complexity index is 982. The van der Waals surface area contributed by atoms with E-state index in [0.717, 1.165) is 27.8 Å². The number of benzene rings is 1. The van der Waals surface area contributed by atoms with Crippen LogP contribution in [0.3, 0.4) is 0 Å². The van der Waals surface area contributed by atoms with Gasteiger partial charge in [0, 0.05) is 44.2 Å². The summed E-state index contributed by atoms with van der Waals surface area (Å²) in [6.07, 6.45) is 3.32. The van der Waals surface area contributed by atoms with Gasteiger partial charge in [-0.3, -0.25) is 4.79 Å². The molecule has 6 nitrogen and oxygen atoms in total. The summed E-state index contributed by atoms with van der Waals surface area (Å²) < 4.78 is 19.8. The highest BCUT2D eigenvalue weighted by Crippen LogP contribution is 2.34. The first-order valence-corrected chi connectivity index (χ1v) is 8.14. The average Bonchev–Trinajstić information content (AvgIpc) is 3.02. The van der Waals surface area contributed by atoms with Crippen LogP contribution in [0.1, 0.15) is 16.1 Å². The number of fused-ring (bicyclic) bond motifs is 3. The highest BCUT2D eigenvalue weighted by Gasteiger charge is 2.27. The molecule has 26 heavy (non-hydrogen) atoms. The molecule has 0 unspecified atom stereocenters. The van der Waals surface area contributed by atoms with Crippen LogP contribution in [0, 0.1) is 5.95 Å². The molecule has 4 rings (SSSR count). The van der Waals surface area contributed by atoms with Crippen LogP contribution < -0.4 is 0 Å². The van der Waals surface area contributed by atoms with E-state index in [-0.39, 0.29) is 12.6 Å². The van der Waals surface area contributed by atoms with Gasteiger partial charge in [-0.05, 0) is 34.9 Å². The molecule has 3 aromatic rings. The molecule has 0 atom stereocenters. The minimum absolute atomic E-state index is 0.129. The van der Waals surface area contributed by atoms with Crippen molar-refractivity contribution in [1.82, 2.24) is 19.7 Å². The van der Waals surface area contributed by atoms with Crippen LogP contribution in [-0.4, -0.2) is 39.7 Å². The van der Waals surface area contributed by atoms with E-state index in [1.165, 1.54) is 12.3 Å². The van der Waals surface area contributed by atoms with Crippen molar-refractivity contribution in [2.24, 2.45) is 0 Å². The van der Waals surface area contributed by atoms with Gasteiger partial charge in [-0.15, -0.1) is 0 Å². The highest BCUT2D eigenvalue weighted by molar-refractivity contribution is 6.00. The Morgan fingerprint density at radius 3 is 2.73 bits per heavy atom. The summed E-state index contributed by atoms with van der Waals surface area (Å²) in [7, 11) is 3.34. The Hall–Kier alpha value is -3.06. The number of ether oxygens (including phenoxy) is 1. The summed E-state index contributed by atoms with van der Waals surface area (Å²) in [6, 6.07) is 8.96. The molecule has 1 aliphatic rings. The number of hydrogen-bond donors (Lipinski definition) is 0. The third-order valence-corrected chi connectivity index (χ3v) is 4.44. The topological polar surface area (TPSA) is 60.3 Å². The maximum atomic E-state index is 13.1. The molecule has 0 saturated heterocycles. The number of methoxy groups -OCH3 is 1. The van der Waals surface area contributed by atoms with Gasteiger partial charge in [0.2, 0.25) is 5.95 Å². The smallest absolute Gasteiger partial charge is 0.275 e. The Labute approximate surface area is 149 Å². The van der Waals surface area contributed by atoms with Crippen molar-refractivity contribution in [3.05, 3.63) is 59.9 Å². The zero-order chi connectivity index (χ0) is 18.3. The normalized spacial score (nSPS) is 13.3. The minimum Gasteiger partial charge on any atom is -0.362 e. The molecular formula is C19H17FN4O2. The number of hydrogen-bond acceptors (Lipinski definition) is 4. The Kier molecular flexibility index (Phi) is 4.00. The number of carbonyl (C=O) groups excluding carboxylic acids is 1. The van der Waals surface area contributed by atoms with Crippen molar-refractivity contribution in [3.63, 3.8) is 0 Å². The molecule has 0 bridgehead atoms. The summed E-state index contributed by atoms with van der Waals surface area (Å²) in [5.41, 5.74) is 4.83. The fourth-order valence-corrected chi connectivity index (χ4v) is 3.17. The maximum absolute atomic E-state index is 13.1. The average molecular weight is 352 g/mol. The van der Waals surface area contributed by atoms with Crippen molar-refractivity contribution < 1.29 is 13.9 Å². The molecule has 2 aromatic heterocycles. The Morgan fingerprint density at radius 2 is 2.00 bits per heavy atom. The molecule has 0 fully saturated rings. The molecule has 0 saturated carbocycles. The summed E-state index contributed by atoms with van der Waals surface area (Å²) in [5, 5.41) is 4.38. The Balaban J connectivity index is 1.88. The summed E-state index contributed by atoms with van der Waals surface area (Å²) in [6.45, 7) is 0.762. The van der Waals surface area contributed by atoms with Crippen molar-refractivity contribution in [2.75, 3.05) is 14.2 Å². The number of amides is 1. The van der Waals surface area contributed by atoms with Crippen LogP contribution in [0.5, 0.6) is 0 Å². The van der Waals surface area contributed by atoms with Gasteiger partial charge in [-0.2, -0.15) is 9.49 Å². The van der Waals surface area contributed by atoms with Crippen molar-refractivity contribution in [2.45, 2.75) is 13.3 Å². The summed E-state index contributed by atoms with van der Waals surface area (Å²) >= 11 is 0. The standard InChI is InChI=1S/C19H17FN4O2/c1-23-9-14-4-3-12(13-5-6-17(20)21-8-13)7-15(14)16-10-24(11-26-2)22-18(16)19(23)25/h3-8,10H,9,11H2,1-2H3. The molecule has 0 N–H and O–H groups in total. The van der Waals surface area contributed by atoms with Gasteiger partial charge in [-0.25, -0.2) is 9.67 Å². The second kappa shape index (κ2) is 6.34. The first-order chi connectivity index (χ1) is 12.6. The predicted octanol–water partition coefficient (Wildman–Crippen LogP) is 2.94. The molecule has 132 valence electrons. The molecule has 0 aliphatic carbocycles. The van der Waals surface area contributed by atoms with E-state index >= 15 is 0 Å².